The molecule has 1 aromatic rings. The Morgan fingerprint density at radius 2 is 1.93 bits per heavy atom. The normalized spacial score (nSPS) is 11.2. The molecule has 0 aliphatic rings. The molecule has 0 unspecified atom stereocenters. The molecule has 5 N–H and O–H groups in total. The number of aromatic carboxylic acids is 1. The van der Waals surface area contributed by atoms with E-state index in [1.165, 1.54) is 12.1 Å². The van der Waals surface area contributed by atoms with Crippen LogP contribution in [0.1, 0.15) is 10.4 Å². The Bertz CT molecular complexity index is 480. The van der Waals surface area contributed by atoms with E-state index in [4.69, 9.17) is 16.0 Å². The summed E-state index contributed by atoms with van der Waals surface area (Å²) in [5.74, 6) is -1.24. The van der Waals surface area contributed by atoms with Gasteiger partial charge in [-0.25, -0.2) is 18.4 Å². The number of nitrogen functional groups attached to an aromatic ring is 1. The highest BCUT2D eigenvalue weighted by Crippen LogP contribution is 2.18. The lowest BCUT2D eigenvalue weighted by Crippen LogP contribution is -2.15. The third kappa shape index (κ3) is 2.01. The Labute approximate surface area is 80.2 Å². The molecule has 0 bridgehead atoms. The summed E-state index contributed by atoms with van der Waals surface area (Å²) < 4.78 is 21.9. The zero-order chi connectivity index (χ0) is 10.9. The number of hydrogen-bond acceptors (Lipinski definition) is 4. The van der Waals surface area contributed by atoms with Crippen LogP contribution in [0.2, 0.25) is 0 Å². The van der Waals surface area contributed by atoms with Gasteiger partial charge in [0.1, 0.15) is 4.90 Å². The summed E-state index contributed by atoms with van der Waals surface area (Å²) in [4.78, 5) is 10.1. The quantitative estimate of drug-likeness (QED) is 0.581. The molecule has 0 spiro atoms. The van der Waals surface area contributed by atoms with E-state index in [0.29, 0.717) is 0 Å². The lowest BCUT2D eigenvalue weighted by atomic mass is 10.2. The monoisotopic (exact) mass is 216 g/mol. The Kier molecular flexibility index (Phi) is 2.45. The number of rotatable bonds is 2. The molecule has 0 saturated carbocycles. The highest BCUT2D eigenvalue weighted by atomic mass is 32.2. The lowest BCUT2D eigenvalue weighted by molar-refractivity contribution is 0.0696. The number of carboxylic acids is 1. The number of primary sulfonamides is 1. The molecule has 0 fully saturated rings. The first kappa shape index (κ1) is 10.5. The average Bonchev–Trinajstić information content (AvgIpc) is 2.02. The van der Waals surface area contributed by atoms with E-state index in [-0.39, 0.29) is 16.1 Å². The summed E-state index contributed by atoms with van der Waals surface area (Å²) >= 11 is 0. The zero-order valence-electron chi connectivity index (χ0n) is 6.97. The summed E-state index contributed by atoms with van der Waals surface area (Å²) in [5, 5.41) is 13.4. The Balaban J connectivity index is 3.44. The van der Waals surface area contributed by atoms with E-state index in [2.05, 4.69) is 0 Å². The van der Waals surface area contributed by atoms with Crippen LogP contribution >= 0.6 is 0 Å². The first-order chi connectivity index (χ1) is 6.32. The number of hydrogen-bond donors (Lipinski definition) is 3. The van der Waals surface area contributed by atoms with Crippen LogP contribution in [0, 0.1) is 0 Å². The van der Waals surface area contributed by atoms with E-state index in [0.717, 1.165) is 6.07 Å². The number of anilines is 1. The molecule has 0 saturated heterocycles. The maximum Gasteiger partial charge on any atom is 0.335 e. The lowest BCUT2D eigenvalue weighted by Gasteiger charge is -2.03. The largest absolute Gasteiger partial charge is 0.478 e. The van der Waals surface area contributed by atoms with Gasteiger partial charge in [0.15, 0.2) is 0 Å². The predicted molar refractivity (Wildman–Crippen MR) is 49.2 cm³/mol. The summed E-state index contributed by atoms with van der Waals surface area (Å²) in [6.07, 6.45) is 0. The highest BCUT2D eigenvalue weighted by Gasteiger charge is 2.14. The third-order valence-corrected chi connectivity index (χ3v) is 2.53. The minimum Gasteiger partial charge on any atom is -0.478 e. The maximum absolute atomic E-state index is 10.9. The second kappa shape index (κ2) is 3.28. The fourth-order valence-electron chi connectivity index (χ4n) is 0.914. The zero-order valence-corrected chi connectivity index (χ0v) is 7.78. The van der Waals surface area contributed by atoms with E-state index in [1.807, 2.05) is 0 Å². The maximum atomic E-state index is 10.9. The van der Waals surface area contributed by atoms with Crippen LogP contribution < -0.4 is 10.9 Å². The van der Waals surface area contributed by atoms with Crippen molar-refractivity contribution >= 4 is 21.7 Å². The number of nitrogens with two attached hydrogens (primary N) is 2. The van der Waals surface area contributed by atoms with Crippen LogP contribution in [0.15, 0.2) is 23.1 Å². The van der Waals surface area contributed by atoms with E-state index in [1.54, 1.807) is 0 Å². The third-order valence-electron chi connectivity index (χ3n) is 1.57. The van der Waals surface area contributed by atoms with Crippen LogP contribution in [0.4, 0.5) is 5.69 Å². The Hall–Kier alpha value is -1.60. The number of sulfonamides is 1. The van der Waals surface area contributed by atoms with Crippen molar-refractivity contribution in [3.05, 3.63) is 23.8 Å². The fraction of sp³-hybridized carbons (Fsp3) is 0. The van der Waals surface area contributed by atoms with Crippen molar-refractivity contribution in [2.45, 2.75) is 4.90 Å². The summed E-state index contributed by atoms with van der Waals surface area (Å²) in [6.45, 7) is 0. The molecule has 0 heterocycles. The summed E-state index contributed by atoms with van der Waals surface area (Å²) in [6, 6.07) is 3.31. The van der Waals surface area contributed by atoms with Crippen molar-refractivity contribution in [3.63, 3.8) is 0 Å². The van der Waals surface area contributed by atoms with Gasteiger partial charge in [0, 0.05) is 0 Å². The molecule has 1 rings (SSSR count). The van der Waals surface area contributed by atoms with Gasteiger partial charge in [-0.05, 0) is 18.2 Å². The molecule has 6 nitrogen and oxygen atoms in total. The molecule has 14 heavy (non-hydrogen) atoms. The molecule has 0 radical (unpaired) electrons. The standard InChI is InChI=1S/C7H8N2O4S/c8-5-2-1-4(7(10)11)3-6(5)14(9,12)13/h1-3H,8H2,(H,10,11)(H2,9,12,13). The van der Waals surface area contributed by atoms with Gasteiger partial charge < -0.3 is 10.8 Å². The molecule has 0 aliphatic heterocycles. The SMILES string of the molecule is Nc1ccc(C(=O)O)cc1S(N)(=O)=O. The van der Waals surface area contributed by atoms with Crippen molar-refractivity contribution in [3.8, 4) is 0 Å². The summed E-state index contributed by atoms with van der Waals surface area (Å²) in [7, 11) is -3.98. The number of carboxylic acid groups (broad SMARTS) is 1. The topological polar surface area (TPSA) is 123 Å². The molecule has 76 valence electrons. The van der Waals surface area contributed by atoms with Gasteiger partial charge in [-0.3, -0.25) is 0 Å². The van der Waals surface area contributed by atoms with Crippen LogP contribution in [-0.4, -0.2) is 19.5 Å². The molecule has 0 aromatic heterocycles. The smallest absolute Gasteiger partial charge is 0.335 e. The second-order valence-electron chi connectivity index (χ2n) is 2.60. The van der Waals surface area contributed by atoms with Crippen LogP contribution in [-0.2, 0) is 10.0 Å². The molecule has 0 aliphatic carbocycles. The average molecular weight is 216 g/mol. The van der Waals surface area contributed by atoms with Crippen LogP contribution in [0.5, 0.6) is 0 Å². The van der Waals surface area contributed by atoms with E-state index >= 15 is 0 Å². The highest BCUT2D eigenvalue weighted by molar-refractivity contribution is 7.89. The van der Waals surface area contributed by atoms with Gasteiger partial charge in [-0.1, -0.05) is 0 Å². The minimum atomic E-state index is -3.98. The number of benzene rings is 1. The van der Waals surface area contributed by atoms with Crippen molar-refractivity contribution in [2.24, 2.45) is 5.14 Å². The molecular formula is C7H8N2O4S. The fourth-order valence-corrected chi connectivity index (χ4v) is 1.60. The molecule has 1 aromatic carbocycles. The Morgan fingerprint density at radius 3 is 2.36 bits per heavy atom. The van der Waals surface area contributed by atoms with Gasteiger partial charge in [-0.2, -0.15) is 0 Å². The van der Waals surface area contributed by atoms with Crippen LogP contribution in [0.25, 0.3) is 0 Å². The van der Waals surface area contributed by atoms with Gasteiger partial charge in [0.25, 0.3) is 0 Å². The van der Waals surface area contributed by atoms with Crippen LogP contribution in [0.3, 0.4) is 0 Å². The molecule has 7 heteroatoms. The molecular weight excluding hydrogens is 208 g/mol. The summed E-state index contributed by atoms with van der Waals surface area (Å²) in [5.41, 5.74) is 5.07. The van der Waals surface area contributed by atoms with Crippen molar-refractivity contribution in [2.75, 3.05) is 5.73 Å². The molecule has 0 amide bonds. The van der Waals surface area contributed by atoms with Gasteiger partial charge in [0.05, 0.1) is 11.3 Å². The predicted octanol–water partition coefficient (Wildman–Crippen LogP) is -0.386. The Morgan fingerprint density at radius 1 is 1.36 bits per heavy atom. The van der Waals surface area contributed by atoms with Gasteiger partial charge >= 0.3 is 5.97 Å². The van der Waals surface area contributed by atoms with Gasteiger partial charge in [0.2, 0.25) is 10.0 Å². The first-order valence-electron chi connectivity index (χ1n) is 3.48. The van der Waals surface area contributed by atoms with Crippen molar-refractivity contribution in [1.82, 2.24) is 0 Å². The van der Waals surface area contributed by atoms with E-state index in [9.17, 15) is 13.2 Å². The second-order valence-corrected chi connectivity index (χ2v) is 4.13. The van der Waals surface area contributed by atoms with E-state index < -0.39 is 16.0 Å². The molecule has 0 atom stereocenters. The van der Waals surface area contributed by atoms with Crippen molar-refractivity contribution in [1.29, 1.82) is 0 Å². The first-order valence-corrected chi connectivity index (χ1v) is 5.02. The van der Waals surface area contributed by atoms with Gasteiger partial charge in [-0.15, -0.1) is 0 Å². The number of carbonyl (C=O) groups is 1. The minimum absolute atomic E-state index is 0.0718. The van der Waals surface area contributed by atoms with Crippen molar-refractivity contribution < 1.29 is 18.3 Å².